The second-order valence-corrected chi connectivity index (χ2v) is 4.89. The quantitative estimate of drug-likeness (QED) is 0.850. The van der Waals surface area contributed by atoms with Gasteiger partial charge in [-0.25, -0.2) is 0 Å². The smallest absolute Gasteiger partial charge is 0.338 e. The maximum Gasteiger partial charge on any atom is 0.397 e. The lowest BCUT2D eigenvalue weighted by Crippen LogP contribution is -2.50. The van der Waals surface area contributed by atoms with E-state index >= 15 is 0 Å². The molecule has 0 unspecified atom stereocenters. The van der Waals surface area contributed by atoms with Crippen LogP contribution in [0.3, 0.4) is 0 Å². The summed E-state index contributed by atoms with van der Waals surface area (Å²) < 4.78 is 36.2. The molecule has 0 aromatic rings. The molecule has 0 aliphatic heterocycles. The predicted molar refractivity (Wildman–Crippen MR) is 59.4 cm³/mol. The Labute approximate surface area is 104 Å². The van der Waals surface area contributed by atoms with Gasteiger partial charge >= 0.3 is 6.18 Å². The molecule has 1 N–H and O–H groups in total. The highest BCUT2D eigenvalue weighted by Gasteiger charge is 2.39. The fourth-order valence-electron chi connectivity index (χ4n) is 2.34. The van der Waals surface area contributed by atoms with Gasteiger partial charge in [0.25, 0.3) is 0 Å². The summed E-state index contributed by atoms with van der Waals surface area (Å²) in [5.74, 6) is -0.606. The van der Waals surface area contributed by atoms with E-state index in [1.165, 1.54) is 0 Å². The Morgan fingerprint density at radius 2 is 2.00 bits per heavy atom. The summed E-state index contributed by atoms with van der Waals surface area (Å²) in [6.45, 7) is 2.05. The van der Waals surface area contributed by atoms with Crippen LogP contribution >= 0.6 is 0 Å². The summed E-state index contributed by atoms with van der Waals surface area (Å²) in [4.78, 5) is 11.3. The van der Waals surface area contributed by atoms with E-state index in [1.54, 1.807) is 0 Å². The molecule has 0 spiro atoms. The van der Waals surface area contributed by atoms with Crippen molar-refractivity contribution in [3.63, 3.8) is 0 Å². The predicted octanol–water partition coefficient (Wildman–Crippen LogP) is 2.92. The second kappa shape index (κ2) is 5.59. The molecule has 102 valence electrons. The Bertz CT molecular complexity index is 338. The van der Waals surface area contributed by atoms with Crippen molar-refractivity contribution in [1.29, 1.82) is 5.26 Å². The molecule has 6 heteroatoms. The van der Waals surface area contributed by atoms with Gasteiger partial charge in [0.05, 0.1) is 6.07 Å². The van der Waals surface area contributed by atoms with Gasteiger partial charge in [-0.1, -0.05) is 13.3 Å². The first kappa shape index (κ1) is 14.8. The van der Waals surface area contributed by atoms with Gasteiger partial charge in [-0.2, -0.15) is 18.4 Å². The zero-order valence-corrected chi connectivity index (χ0v) is 10.3. The second-order valence-electron chi connectivity index (χ2n) is 4.89. The van der Waals surface area contributed by atoms with Gasteiger partial charge in [0, 0.05) is 0 Å². The average Bonchev–Trinajstić information content (AvgIpc) is 2.27. The third kappa shape index (κ3) is 4.21. The van der Waals surface area contributed by atoms with Crippen LogP contribution in [0.2, 0.25) is 0 Å². The van der Waals surface area contributed by atoms with Crippen LogP contribution in [0.4, 0.5) is 13.2 Å². The standard InChI is InChI=1S/C12H17F3N2O/c1-2-9-3-5-11(8-16,6-4-9)17-10(18)7-12(13,14)15/h9H,2-7H2,1H3,(H,17,18). The molecule has 1 saturated carbocycles. The first-order valence-electron chi connectivity index (χ1n) is 6.09. The Hall–Kier alpha value is -1.25. The molecule has 0 radical (unpaired) electrons. The van der Waals surface area contributed by atoms with Crippen molar-refractivity contribution in [2.24, 2.45) is 5.92 Å². The van der Waals surface area contributed by atoms with Crippen LogP contribution in [0.25, 0.3) is 0 Å². The largest absolute Gasteiger partial charge is 0.397 e. The summed E-state index contributed by atoms with van der Waals surface area (Å²) >= 11 is 0. The van der Waals surface area contributed by atoms with Crippen molar-refractivity contribution in [3.05, 3.63) is 0 Å². The van der Waals surface area contributed by atoms with E-state index in [1.807, 2.05) is 13.0 Å². The molecular formula is C12H17F3N2O. The number of carbonyl (C=O) groups is 1. The van der Waals surface area contributed by atoms with Gasteiger partial charge in [-0.15, -0.1) is 0 Å². The van der Waals surface area contributed by atoms with E-state index in [9.17, 15) is 18.0 Å². The number of nitrogens with one attached hydrogen (secondary N) is 1. The van der Waals surface area contributed by atoms with E-state index in [2.05, 4.69) is 5.32 Å². The molecule has 0 atom stereocenters. The first-order chi connectivity index (χ1) is 8.30. The Morgan fingerprint density at radius 3 is 2.39 bits per heavy atom. The van der Waals surface area contributed by atoms with Gasteiger partial charge in [0.2, 0.25) is 5.91 Å². The van der Waals surface area contributed by atoms with E-state index in [0.29, 0.717) is 18.8 Å². The van der Waals surface area contributed by atoms with Crippen LogP contribution in [0.1, 0.15) is 45.4 Å². The van der Waals surface area contributed by atoms with Crippen LogP contribution < -0.4 is 5.32 Å². The average molecular weight is 262 g/mol. The molecular weight excluding hydrogens is 245 g/mol. The summed E-state index contributed by atoms with van der Waals surface area (Å²) in [5.41, 5.74) is -1.10. The van der Waals surface area contributed by atoms with E-state index in [-0.39, 0.29) is 0 Å². The van der Waals surface area contributed by atoms with Gasteiger partial charge in [0.15, 0.2) is 0 Å². The molecule has 1 aliphatic rings. The highest BCUT2D eigenvalue weighted by atomic mass is 19.4. The number of carbonyl (C=O) groups excluding carboxylic acids is 1. The molecule has 18 heavy (non-hydrogen) atoms. The van der Waals surface area contributed by atoms with Crippen LogP contribution in [0.5, 0.6) is 0 Å². The van der Waals surface area contributed by atoms with Crippen molar-refractivity contribution in [3.8, 4) is 6.07 Å². The summed E-state index contributed by atoms with van der Waals surface area (Å²) in [5, 5.41) is 11.4. The zero-order valence-electron chi connectivity index (χ0n) is 10.3. The summed E-state index contributed by atoms with van der Waals surface area (Å²) in [6, 6.07) is 1.98. The van der Waals surface area contributed by atoms with Crippen molar-refractivity contribution in [2.75, 3.05) is 0 Å². The zero-order chi connectivity index (χ0) is 13.8. The van der Waals surface area contributed by atoms with Gasteiger partial charge < -0.3 is 5.32 Å². The Kier molecular flexibility index (Phi) is 4.60. The van der Waals surface area contributed by atoms with Crippen molar-refractivity contribution >= 4 is 5.91 Å². The highest BCUT2D eigenvalue weighted by Crippen LogP contribution is 2.33. The molecule has 0 bridgehead atoms. The number of nitriles is 1. The monoisotopic (exact) mass is 262 g/mol. The maximum atomic E-state index is 12.1. The molecule has 1 fully saturated rings. The normalized spacial score (nSPS) is 28.5. The summed E-state index contributed by atoms with van der Waals surface area (Å²) in [7, 11) is 0. The van der Waals surface area contributed by atoms with Crippen molar-refractivity contribution in [2.45, 2.75) is 57.2 Å². The van der Waals surface area contributed by atoms with Gasteiger partial charge in [0.1, 0.15) is 12.0 Å². The Morgan fingerprint density at radius 1 is 1.44 bits per heavy atom. The minimum Gasteiger partial charge on any atom is -0.338 e. The van der Waals surface area contributed by atoms with Crippen LogP contribution in [-0.4, -0.2) is 17.6 Å². The maximum absolute atomic E-state index is 12.1. The molecule has 1 aliphatic carbocycles. The number of alkyl halides is 3. The van der Waals surface area contributed by atoms with E-state index < -0.39 is 24.0 Å². The van der Waals surface area contributed by atoms with Crippen LogP contribution in [-0.2, 0) is 4.79 Å². The molecule has 0 saturated heterocycles. The SMILES string of the molecule is CCC1CCC(C#N)(NC(=O)CC(F)(F)F)CC1. The number of hydrogen-bond acceptors (Lipinski definition) is 2. The third-order valence-corrected chi connectivity index (χ3v) is 3.49. The third-order valence-electron chi connectivity index (χ3n) is 3.49. The molecule has 1 rings (SSSR count). The van der Waals surface area contributed by atoms with E-state index in [0.717, 1.165) is 19.3 Å². The minimum absolute atomic E-state index is 0.436. The lowest BCUT2D eigenvalue weighted by molar-refractivity contribution is -0.154. The van der Waals surface area contributed by atoms with E-state index in [4.69, 9.17) is 5.26 Å². The lowest BCUT2D eigenvalue weighted by atomic mass is 9.76. The summed E-state index contributed by atoms with van der Waals surface area (Å²) in [6.07, 6.45) is -2.63. The van der Waals surface area contributed by atoms with Gasteiger partial charge in [-0.05, 0) is 31.6 Å². The fraction of sp³-hybridized carbons (Fsp3) is 0.833. The molecule has 1 amide bonds. The molecule has 0 aromatic heterocycles. The number of hydrogen-bond donors (Lipinski definition) is 1. The highest BCUT2D eigenvalue weighted by molar-refractivity contribution is 5.78. The minimum atomic E-state index is -4.53. The molecule has 0 heterocycles. The molecule has 3 nitrogen and oxygen atoms in total. The number of rotatable bonds is 3. The van der Waals surface area contributed by atoms with Crippen LogP contribution in [0.15, 0.2) is 0 Å². The first-order valence-corrected chi connectivity index (χ1v) is 6.09. The number of nitrogens with zero attached hydrogens (tertiary/aromatic N) is 1. The Balaban J connectivity index is 2.58. The lowest BCUT2D eigenvalue weighted by Gasteiger charge is -2.35. The van der Waals surface area contributed by atoms with Crippen molar-refractivity contribution in [1.82, 2.24) is 5.32 Å². The topological polar surface area (TPSA) is 52.9 Å². The van der Waals surface area contributed by atoms with Crippen LogP contribution in [0, 0.1) is 17.2 Å². The fourth-order valence-corrected chi connectivity index (χ4v) is 2.34. The molecule has 0 aromatic carbocycles. The van der Waals surface area contributed by atoms with Crippen molar-refractivity contribution < 1.29 is 18.0 Å². The van der Waals surface area contributed by atoms with Gasteiger partial charge in [-0.3, -0.25) is 4.79 Å². The number of amides is 1. The number of halogens is 3.